The average molecular weight is 274 g/mol. The molecule has 2 aromatic rings. The van der Waals surface area contributed by atoms with Crippen molar-refractivity contribution >= 4 is 5.69 Å². The van der Waals surface area contributed by atoms with E-state index in [0.29, 0.717) is 24.0 Å². The zero-order valence-corrected chi connectivity index (χ0v) is 11.5. The first-order valence-electron chi connectivity index (χ1n) is 6.77. The van der Waals surface area contributed by atoms with Crippen LogP contribution in [0.15, 0.2) is 28.8 Å². The van der Waals surface area contributed by atoms with Gasteiger partial charge in [-0.05, 0) is 19.1 Å². The Morgan fingerprint density at radius 1 is 1.20 bits per heavy atom. The highest BCUT2D eigenvalue weighted by atomic mass is 16.5. The molecule has 0 radical (unpaired) electrons. The largest absolute Gasteiger partial charge is 0.506 e. The van der Waals surface area contributed by atoms with Gasteiger partial charge < -0.3 is 14.5 Å². The number of phenols is 1. The van der Waals surface area contributed by atoms with Crippen LogP contribution >= 0.6 is 0 Å². The molecule has 1 aromatic carbocycles. The van der Waals surface area contributed by atoms with Crippen LogP contribution in [0.5, 0.6) is 5.75 Å². The van der Waals surface area contributed by atoms with Crippen molar-refractivity contribution in [3.63, 3.8) is 0 Å². The minimum Gasteiger partial charge on any atom is -0.506 e. The van der Waals surface area contributed by atoms with Gasteiger partial charge in [0.1, 0.15) is 5.75 Å². The molecule has 0 atom stereocenters. The molecule has 6 nitrogen and oxygen atoms in total. The second-order valence-electron chi connectivity index (χ2n) is 4.99. The molecule has 106 valence electrons. The Balaban J connectivity index is 1.58. The number of aromatic hydroxyl groups is 1. The third kappa shape index (κ3) is 2.75. The summed E-state index contributed by atoms with van der Waals surface area (Å²) >= 11 is 0. The maximum Gasteiger partial charge on any atom is 0.240 e. The standard InChI is InChI=1S/C14H18N4O2/c1-11-15-14(20-16-11)10-17-6-8-18(9-7-17)12-4-2-3-5-13(12)19/h2-5,19H,6-10H2,1H3. The van der Waals surface area contributed by atoms with Gasteiger partial charge in [-0.3, -0.25) is 4.90 Å². The Hall–Kier alpha value is -2.08. The Labute approximate surface area is 117 Å². The summed E-state index contributed by atoms with van der Waals surface area (Å²) in [6.45, 7) is 6.10. The monoisotopic (exact) mass is 274 g/mol. The van der Waals surface area contributed by atoms with Crippen molar-refractivity contribution in [1.82, 2.24) is 15.0 Å². The smallest absolute Gasteiger partial charge is 0.240 e. The van der Waals surface area contributed by atoms with Gasteiger partial charge in [-0.2, -0.15) is 4.98 Å². The number of hydrogen-bond donors (Lipinski definition) is 1. The van der Waals surface area contributed by atoms with Crippen LogP contribution in [0.3, 0.4) is 0 Å². The lowest BCUT2D eigenvalue weighted by atomic mass is 10.2. The van der Waals surface area contributed by atoms with Gasteiger partial charge in [0, 0.05) is 26.2 Å². The molecular formula is C14H18N4O2. The van der Waals surface area contributed by atoms with Gasteiger partial charge in [-0.25, -0.2) is 0 Å². The fraction of sp³-hybridized carbons (Fsp3) is 0.429. The number of phenolic OH excluding ortho intramolecular Hbond substituents is 1. The van der Waals surface area contributed by atoms with Crippen molar-refractivity contribution in [3.8, 4) is 5.75 Å². The molecule has 1 aliphatic heterocycles. The molecule has 0 unspecified atom stereocenters. The van der Waals surface area contributed by atoms with Crippen LogP contribution in [0.4, 0.5) is 5.69 Å². The Morgan fingerprint density at radius 3 is 2.60 bits per heavy atom. The van der Waals surface area contributed by atoms with E-state index >= 15 is 0 Å². The van der Waals surface area contributed by atoms with Crippen molar-refractivity contribution in [1.29, 1.82) is 0 Å². The number of benzene rings is 1. The van der Waals surface area contributed by atoms with Crippen LogP contribution in [-0.4, -0.2) is 46.3 Å². The third-order valence-electron chi connectivity index (χ3n) is 3.52. The van der Waals surface area contributed by atoms with Gasteiger partial charge >= 0.3 is 0 Å². The van der Waals surface area contributed by atoms with E-state index in [1.165, 1.54) is 0 Å². The Morgan fingerprint density at radius 2 is 1.95 bits per heavy atom. The van der Waals surface area contributed by atoms with E-state index in [0.717, 1.165) is 31.9 Å². The summed E-state index contributed by atoms with van der Waals surface area (Å²) in [7, 11) is 0. The number of anilines is 1. The molecule has 1 fully saturated rings. The number of hydrogen-bond acceptors (Lipinski definition) is 6. The summed E-state index contributed by atoms with van der Waals surface area (Å²) in [4.78, 5) is 8.70. The maximum absolute atomic E-state index is 9.88. The molecular weight excluding hydrogens is 256 g/mol. The SMILES string of the molecule is Cc1noc(CN2CCN(c3ccccc3O)CC2)n1. The van der Waals surface area contributed by atoms with Crippen LogP contribution in [0.2, 0.25) is 0 Å². The van der Waals surface area contributed by atoms with Gasteiger partial charge in [0.15, 0.2) is 5.82 Å². The maximum atomic E-state index is 9.88. The summed E-state index contributed by atoms with van der Waals surface area (Å²) in [5.41, 5.74) is 0.904. The molecule has 3 rings (SSSR count). The van der Waals surface area contributed by atoms with Crippen molar-refractivity contribution in [3.05, 3.63) is 36.0 Å². The number of rotatable bonds is 3. The van der Waals surface area contributed by atoms with E-state index in [1.54, 1.807) is 6.07 Å². The van der Waals surface area contributed by atoms with Crippen molar-refractivity contribution < 1.29 is 9.63 Å². The van der Waals surface area contributed by atoms with E-state index in [1.807, 2.05) is 25.1 Å². The van der Waals surface area contributed by atoms with Crippen LogP contribution < -0.4 is 4.90 Å². The molecule has 0 spiro atoms. The topological polar surface area (TPSA) is 65.6 Å². The van der Waals surface area contributed by atoms with Gasteiger partial charge in [0.2, 0.25) is 5.89 Å². The Bertz CT molecular complexity index is 576. The molecule has 0 amide bonds. The summed E-state index contributed by atoms with van der Waals surface area (Å²) in [5.74, 6) is 1.68. The van der Waals surface area contributed by atoms with Crippen molar-refractivity contribution in [2.24, 2.45) is 0 Å². The molecule has 20 heavy (non-hydrogen) atoms. The first kappa shape index (κ1) is 12.9. The summed E-state index contributed by atoms with van der Waals surface area (Å²) in [6, 6.07) is 7.46. The lowest BCUT2D eigenvalue weighted by molar-refractivity contribution is 0.215. The number of aromatic nitrogens is 2. The number of aryl methyl sites for hydroxylation is 1. The lowest BCUT2D eigenvalue weighted by Crippen LogP contribution is -2.46. The zero-order valence-electron chi connectivity index (χ0n) is 11.5. The van der Waals surface area contributed by atoms with Crippen LogP contribution in [-0.2, 0) is 6.54 Å². The molecule has 6 heteroatoms. The number of piperazine rings is 1. The predicted molar refractivity (Wildman–Crippen MR) is 74.6 cm³/mol. The molecule has 0 aliphatic carbocycles. The van der Waals surface area contributed by atoms with Gasteiger partial charge in [0.05, 0.1) is 12.2 Å². The quantitative estimate of drug-likeness (QED) is 0.913. The Kier molecular flexibility index (Phi) is 3.56. The predicted octanol–water partition coefficient (Wildman–Crippen LogP) is 1.41. The van der Waals surface area contributed by atoms with E-state index in [9.17, 15) is 5.11 Å². The molecule has 1 saturated heterocycles. The zero-order chi connectivity index (χ0) is 13.9. The van der Waals surface area contributed by atoms with Gasteiger partial charge in [-0.1, -0.05) is 17.3 Å². The van der Waals surface area contributed by atoms with Crippen LogP contribution in [0.1, 0.15) is 11.7 Å². The normalized spacial score (nSPS) is 16.6. The van der Waals surface area contributed by atoms with Crippen molar-refractivity contribution in [2.45, 2.75) is 13.5 Å². The summed E-state index contributed by atoms with van der Waals surface area (Å²) in [5, 5.41) is 13.7. The van der Waals surface area contributed by atoms with Crippen LogP contribution in [0, 0.1) is 6.92 Å². The minimum absolute atomic E-state index is 0.341. The highest BCUT2D eigenvalue weighted by molar-refractivity contribution is 5.57. The first-order chi connectivity index (χ1) is 9.72. The summed E-state index contributed by atoms with van der Waals surface area (Å²) < 4.78 is 5.14. The van der Waals surface area contributed by atoms with Crippen molar-refractivity contribution in [2.75, 3.05) is 31.1 Å². The van der Waals surface area contributed by atoms with E-state index in [2.05, 4.69) is 19.9 Å². The average Bonchev–Trinajstić information content (AvgIpc) is 2.86. The fourth-order valence-electron chi connectivity index (χ4n) is 2.47. The van der Waals surface area contributed by atoms with E-state index in [-0.39, 0.29) is 0 Å². The minimum atomic E-state index is 0.341. The van der Waals surface area contributed by atoms with Gasteiger partial charge in [0.25, 0.3) is 0 Å². The fourth-order valence-corrected chi connectivity index (χ4v) is 2.47. The lowest BCUT2D eigenvalue weighted by Gasteiger charge is -2.35. The summed E-state index contributed by atoms with van der Waals surface area (Å²) in [6.07, 6.45) is 0. The highest BCUT2D eigenvalue weighted by Gasteiger charge is 2.20. The molecule has 1 aromatic heterocycles. The number of nitrogens with zero attached hydrogens (tertiary/aromatic N) is 4. The molecule has 0 bridgehead atoms. The number of para-hydroxylation sites is 2. The second kappa shape index (κ2) is 5.50. The molecule has 2 heterocycles. The molecule has 1 aliphatic rings. The van der Waals surface area contributed by atoms with Crippen LogP contribution in [0.25, 0.3) is 0 Å². The second-order valence-corrected chi connectivity index (χ2v) is 4.99. The molecule has 0 saturated carbocycles. The third-order valence-corrected chi connectivity index (χ3v) is 3.52. The highest BCUT2D eigenvalue weighted by Crippen LogP contribution is 2.27. The van der Waals surface area contributed by atoms with E-state index in [4.69, 9.17) is 4.52 Å². The van der Waals surface area contributed by atoms with E-state index < -0.39 is 0 Å². The first-order valence-corrected chi connectivity index (χ1v) is 6.77. The molecule has 1 N–H and O–H groups in total. The van der Waals surface area contributed by atoms with Gasteiger partial charge in [-0.15, -0.1) is 0 Å².